The van der Waals surface area contributed by atoms with Gasteiger partial charge in [0.1, 0.15) is 0 Å². The fourth-order valence-electron chi connectivity index (χ4n) is 3.31. The number of sulfonamides is 1. The highest BCUT2D eigenvalue weighted by Crippen LogP contribution is 2.32. The second-order valence-corrected chi connectivity index (χ2v) is 9.24. The molecule has 0 saturated carbocycles. The number of nitrogens with zero attached hydrogens (tertiary/aromatic N) is 1. The molecule has 0 spiro atoms. The molecule has 1 fully saturated rings. The molecule has 2 aliphatic rings. The molecule has 2 heterocycles. The largest absolute Gasteiger partial charge is 0.490 e. The molecule has 2 atom stereocenters. The number of likely N-dealkylation sites (tertiary alicyclic amines) is 1. The van der Waals surface area contributed by atoms with Crippen molar-refractivity contribution in [1.29, 1.82) is 0 Å². The third-order valence-electron chi connectivity index (χ3n) is 5.09. The molecule has 3 rings (SSSR count). The maximum atomic E-state index is 12.7. The minimum Gasteiger partial charge on any atom is -0.490 e. The van der Waals surface area contributed by atoms with Crippen LogP contribution in [-0.4, -0.2) is 58.1 Å². The SMILES string of the molecule is CC(NS(=O)(=O)c1ccc2c(c1)OCCCO2)C(=O)N1CCC(C)(CN)C1. The van der Waals surface area contributed by atoms with Gasteiger partial charge in [0.05, 0.1) is 24.2 Å². The highest BCUT2D eigenvalue weighted by Gasteiger charge is 2.37. The number of rotatable bonds is 5. The number of hydrogen-bond acceptors (Lipinski definition) is 6. The molecule has 0 aliphatic carbocycles. The second-order valence-electron chi connectivity index (χ2n) is 7.53. The molecule has 27 heavy (non-hydrogen) atoms. The number of hydrogen-bond donors (Lipinski definition) is 2. The first-order valence-electron chi connectivity index (χ1n) is 9.15. The van der Waals surface area contributed by atoms with E-state index in [1.165, 1.54) is 12.1 Å². The van der Waals surface area contributed by atoms with Gasteiger partial charge in [-0.05, 0) is 37.4 Å². The summed E-state index contributed by atoms with van der Waals surface area (Å²) < 4.78 is 39.0. The number of amides is 1. The van der Waals surface area contributed by atoms with E-state index in [9.17, 15) is 13.2 Å². The topological polar surface area (TPSA) is 111 Å². The Bertz CT molecular complexity index is 813. The zero-order valence-corrected chi connectivity index (χ0v) is 16.5. The van der Waals surface area contributed by atoms with Crippen LogP contribution in [0.3, 0.4) is 0 Å². The number of ether oxygens (including phenoxy) is 2. The van der Waals surface area contributed by atoms with E-state index in [2.05, 4.69) is 4.72 Å². The molecule has 2 aliphatic heterocycles. The summed E-state index contributed by atoms with van der Waals surface area (Å²) in [5.74, 6) is 0.673. The highest BCUT2D eigenvalue weighted by molar-refractivity contribution is 7.89. The maximum Gasteiger partial charge on any atom is 0.241 e. The molecule has 8 nitrogen and oxygen atoms in total. The number of benzene rings is 1. The molecule has 150 valence electrons. The van der Waals surface area contributed by atoms with Crippen molar-refractivity contribution in [3.63, 3.8) is 0 Å². The van der Waals surface area contributed by atoms with Crippen molar-refractivity contribution < 1.29 is 22.7 Å². The van der Waals surface area contributed by atoms with E-state index in [0.717, 1.165) is 12.8 Å². The van der Waals surface area contributed by atoms with Gasteiger partial charge in [-0.25, -0.2) is 8.42 Å². The Balaban J connectivity index is 1.71. The molecule has 1 amide bonds. The minimum atomic E-state index is -3.87. The standard InChI is InChI=1S/C18H27N3O5S/c1-13(17(22)21-7-6-18(2,11-19)12-21)20-27(23,24)14-4-5-15-16(10-14)26-9-3-8-25-15/h4-5,10,13,20H,3,6-9,11-12,19H2,1-2H3. The smallest absolute Gasteiger partial charge is 0.241 e. The predicted octanol–water partition coefficient (Wildman–Crippen LogP) is 0.712. The molecule has 9 heteroatoms. The van der Waals surface area contributed by atoms with Crippen molar-refractivity contribution >= 4 is 15.9 Å². The monoisotopic (exact) mass is 397 g/mol. The minimum absolute atomic E-state index is 0.0413. The summed E-state index contributed by atoms with van der Waals surface area (Å²) in [6, 6.07) is 3.59. The fraction of sp³-hybridized carbons (Fsp3) is 0.611. The van der Waals surface area contributed by atoms with Crippen molar-refractivity contribution in [2.45, 2.75) is 37.6 Å². The Morgan fingerprint density at radius 2 is 2.04 bits per heavy atom. The second kappa shape index (κ2) is 7.65. The van der Waals surface area contributed by atoms with E-state index < -0.39 is 16.1 Å². The lowest BCUT2D eigenvalue weighted by Crippen LogP contribution is -2.46. The van der Waals surface area contributed by atoms with Gasteiger partial charge in [0.2, 0.25) is 15.9 Å². The van der Waals surface area contributed by atoms with Crippen LogP contribution in [0.25, 0.3) is 0 Å². The van der Waals surface area contributed by atoms with Crippen molar-refractivity contribution in [2.75, 3.05) is 32.8 Å². The van der Waals surface area contributed by atoms with Crippen LogP contribution in [0, 0.1) is 5.41 Å². The molecule has 1 aromatic rings. The molecule has 1 saturated heterocycles. The molecule has 1 aromatic carbocycles. The quantitative estimate of drug-likeness (QED) is 0.757. The van der Waals surface area contributed by atoms with Gasteiger partial charge in [0, 0.05) is 25.6 Å². The van der Waals surface area contributed by atoms with E-state index in [1.807, 2.05) is 6.92 Å². The summed E-state index contributed by atoms with van der Waals surface area (Å²) >= 11 is 0. The van der Waals surface area contributed by atoms with Crippen LogP contribution in [0.1, 0.15) is 26.7 Å². The van der Waals surface area contributed by atoms with E-state index in [4.69, 9.17) is 15.2 Å². The van der Waals surface area contributed by atoms with Crippen LogP contribution < -0.4 is 19.9 Å². The van der Waals surface area contributed by atoms with Crippen LogP contribution in [0.4, 0.5) is 0 Å². The first-order valence-corrected chi connectivity index (χ1v) is 10.6. The Morgan fingerprint density at radius 3 is 2.70 bits per heavy atom. The van der Waals surface area contributed by atoms with Gasteiger partial charge in [-0.1, -0.05) is 6.92 Å². The third kappa shape index (κ3) is 4.36. The third-order valence-corrected chi connectivity index (χ3v) is 6.63. The zero-order chi connectivity index (χ0) is 19.7. The first-order chi connectivity index (χ1) is 12.7. The van der Waals surface area contributed by atoms with E-state index in [1.54, 1.807) is 17.9 Å². The number of nitrogens with one attached hydrogen (secondary N) is 1. The lowest BCUT2D eigenvalue weighted by atomic mass is 9.90. The average molecular weight is 397 g/mol. The highest BCUT2D eigenvalue weighted by atomic mass is 32.2. The molecular weight excluding hydrogens is 370 g/mol. The fourth-order valence-corrected chi connectivity index (χ4v) is 4.53. The average Bonchev–Trinajstić information content (AvgIpc) is 2.88. The van der Waals surface area contributed by atoms with Gasteiger partial charge in [0.15, 0.2) is 11.5 Å². The van der Waals surface area contributed by atoms with Gasteiger partial charge in [-0.15, -0.1) is 0 Å². The van der Waals surface area contributed by atoms with Crippen molar-refractivity contribution in [3.05, 3.63) is 18.2 Å². The molecule has 0 bridgehead atoms. The summed E-state index contributed by atoms with van der Waals surface area (Å²) in [7, 11) is -3.87. The predicted molar refractivity (Wildman–Crippen MR) is 100 cm³/mol. The molecule has 3 N–H and O–H groups in total. The summed E-state index contributed by atoms with van der Waals surface area (Å²) in [5, 5.41) is 0. The Hall–Kier alpha value is -1.84. The Kier molecular flexibility index (Phi) is 5.64. The number of fused-ring (bicyclic) bond motifs is 1. The zero-order valence-electron chi connectivity index (χ0n) is 15.7. The lowest BCUT2D eigenvalue weighted by Gasteiger charge is -2.25. The Morgan fingerprint density at radius 1 is 1.33 bits per heavy atom. The summed E-state index contributed by atoms with van der Waals surface area (Å²) in [5.41, 5.74) is 5.67. The van der Waals surface area contributed by atoms with E-state index >= 15 is 0 Å². The Labute approximate surface area is 160 Å². The maximum absolute atomic E-state index is 12.7. The van der Waals surface area contributed by atoms with Gasteiger partial charge >= 0.3 is 0 Å². The van der Waals surface area contributed by atoms with Crippen LogP contribution in [0.5, 0.6) is 11.5 Å². The van der Waals surface area contributed by atoms with Crippen LogP contribution >= 0.6 is 0 Å². The van der Waals surface area contributed by atoms with Crippen molar-refractivity contribution in [2.24, 2.45) is 11.1 Å². The van der Waals surface area contributed by atoms with E-state index in [0.29, 0.717) is 44.3 Å². The first kappa shape index (κ1) is 19.9. The van der Waals surface area contributed by atoms with Crippen LogP contribution in [-0.2, 0) is 14.8 Å². The van der Waals surface area contributed by atoms with Crippen LogP contribution in [0.15, 0.2) is 23.1 Å². The normalized spacial score (nSPS) is 23.7. The number of carbonyl (C=O) groups is 1. The summed E-state index contributed by atoms with van der Waals surface area (Å²) in [6.45, 7) is 6.21. The molecule has 0 radical (unpaired) electrons. The molecule has 2 unspecified atom stereocenters. The lowest BCUT2D eigenvalue weighted by molar-refractivity contribution is -0.131. The van der Waals surface area contributed by atoms with Crippen molar-refractivity contribution in [3.8, 4) is 11.5 Å². The number of carbonyl (C=O) groups excluding carboxylic acids is 1. The van der Waals surface area contributed by atoms with Gasteiger partial charge < -0.3 is 20.1 Å². The summed E-state index contributed by atoms with van der Waals surface area (Å²) in [6.07, 6.45) is 1.55. The molecule has 0 aromatic heterocycles. The van der Waals surface area contributed by atoms with Crippen molar-refractivity contribution in [1.82, 2.24) is 9.62 Å². The van der Waals surface area contributed by atoms with Gasteiger partial charge in [-0.2, -0.15) is 4.72 Å². The molecular formula is C18H27N3O5S. The summed E-state index contributed by atoms with van der Waals surface area (Å²) in [4.78, 5) is 14.4. The van der Waals surface area contributed by atoms with E-state index in [-0.39, 0.29) is 16.2 Å². The van der Waals surface area contributed by atoms with Gasteiger partial charge in [0.25, 0.3) is 0 Å². The van der Waals surface area contributed by atoms with Gasteiger partial charge in [-0.3, -0.25) is 4.79 Å². The number of nitrogens with two attached hydrogens (primary N) is 1. The van der Waals surface area contributed by atoms with Crippen LogP contribution in [0.2, 0.25) is 0 Å².